The van der Waals surface area contributed by atoms with Crippen LogP contribution in [0.5, 0.6) is 0 Å². The van der Waals surface area contributed by atoms with Crippen molar-refractivity contribution < 1.29 is 4.79 Å². The van der Waals surface area contributed by atoms with Gasteiger partial charge in [-0.05, 0) is 58.1 Å². The van der Waals surface area contributed by atoms with Gasteiger partial charge in [-0.3, -0.25) is 14.0 Å². The molecular weight excluding hydrogens is 368 g/mol. The first-order valence-corrected chi connectivity index (χ1v) is 9.81. The molecule has 0 fully saturated rings. The number of nitrogens with zero attached hydrogens (tertiary/aromatic N) is 5. The quantitative estimate of drug-likeness (QED) is 0.586. The molecular formula is C21H28N6O2. The van der Waals surface area contributed by atoms with Crippen LogP contribution in [0.2, 0.25) is 0 Å². The molecule has 0 saturated heterocycles. The molecule has 1 atom stereocenters. The molecule has 3 heterocycles. The van der Waals surface area contributed by atoms with Gasteiger partial charge in [-0.25, -0.2) is 0 Å². The Bertz CT molecular complexity index is 1050. The Kier molecular flexibility index (Phi) is 6.43. The highest BCUT2D eigenvalue weighted by molar-refractivity contribution is 5.95. The maximum absolute atomic E-state index is 12.9. The number of likely N-dealkylation sites (N-methyl/N-ethyl adjacent to an activating group) is 1. The van der Waals surface area contributed by atoms with Crippen molar-refractivity contribution in [2.75, 3.05) is 27.2 Å². The van der Waals surface area contributed by atoms with Crippen LogP contribution in [0, 0.1) is 6.92 Å². The Morgan fingerprint density at radius 3 is 2.76 bits per heavy atom. The topological polar surface area (TPSA) is 84.5 Å². The molecule has 0 spiro atoms. The summed E-state index contributed by atoms with van der Waals surface area (Å²) in [7, 11) is 3.92. The van der Waals surface area contributed by atoms with Crippen LogP contribution >= 0.6 is 0 Å². The number of carbonyl (C=O) groups excluding carboxylic acids is 1. The van der Waals surface area contributed by atoms with E-state index in [-0.39, 0.29) is 23.1 Å². The molecule has 0 aromatic carbocycles. The number of amides is 1. The van der Waals surface area contributed by atoms with Crippen molar-refractivity contribution in [3.05, 3.63) is 64.0 Å². The normalized spacial score (nSPS) is 12.4. The average molecular weight is 396 g/mol. The Morgan fingerprint density at radius 1 is 1.21 bits per heavy atom. The van der Waals surface area contributed by atoms with E-state index in [1.807, 2.05) is 60.8 Å². The summed E-state index contributed by atoms with van der Waals surface area (Å²) in [6.45, 7) is 4.94. The van der Waals surface area contributed by atoms with E-state index in [4.69, 9.17) is 0 Å². The number of aryl methyl sites for hydroxylation is 2. The molecule has 1 N–H and O–H groups in total. The van der Waals surface area contributed by atoms with E-state index in [9.17, 15) is 9.59 Å². The van der Waals surface area contributed by atoms with Crippen LogP contribution in [0.1, 0.15) is 41.1 Å². The van der Waals surface area contributed by atoms with Crippen molar-refractivity contribution in [1.82, 2.24) is 29.4 Å². The van der Waals surface area contributed by atoms with Gasteiger partial charge >= 0.3 is 0 Å². The van der Waals surface area contributed by atoms with Crippen LogP contribution in [-0.4, -0.2) is 57.2 Å². The summed E-state index contributed by atoms with van der Waals surface area (Å²) in [4.78, 5) is 27.6. The summed E-state index contributed by atoms with van der Waals surface area (Å²) in [6.07, 6.45) is 5.08. The number of fused-ring (bicyclic) bond motifs is 1. The predicted octanol–water partition coefficient (Wildman–Crippen LogP) is 1.68. The fraction of sp³-hybridized carbons (Fsp3) is 0.429. The second-order valence-electron chi connectivity index (χ2n) is 7.60. The summed E-state index contributed by atoms with van der Waals surface area (Å²) in [5.74, 6) is 0.524. The van der Waals surface area contributed by atoms with Crippen LogP contribution in [-0.2, 0) is 6.42 Å². The first kappa shape index (κ1) is 20.7. The lowest BCUT2D eigenvalue weighted by atomic mass is 10.1. The molecule has 1 amide bonds. The first-order valence-electron chi connectivity index (χ1n) is 9.81. The fourth-order valence-corrected chi connectivity index (χ4v) is 3.48. The fourth-order valence-electron chi connectivity index (χ4n) is 3.48. The SMILES string of the molecule is Cc1ccn(C(C)CN(C)C)c(=O)c1C(=O)NCCCc1nnc2ccccn12. The summed E-state index contributed by atoms with van der Waals surface area (Å²) < 4.78 is 3.57. The molecule has 8 nitrogen and oxygen atoms in total. The third-order valence-corrected chi connectivity index (χ3v) is 4.91. The zero-order valence-corrected chi connectivity index (χ0v) is 17.4. The Morgan fingerprint density at radius 2 is 2.00 bits per heavy atom. The van der Waals surface area contributed by atoms with Gasteiger partial charge in [0.25, 0.3) is 11.5 Å². The highest BCUT2D eigenvalue weighted by atomic mass is 16.2. The van der Waals surface area contributed by atoms with Crippen molar-refractivity contribution in [1.29, 1.82) is 0 Å². The third-order valence-electron chi connectivity index (χ3n) is 4.91. The van der Waals surface area contributed by atoms with E-state index in [2.05, 4.69) is 15.5 Å². The lowest BCUT2D eigenvalue weighted by Gasteiger charge is -2.20. The third kappa shape index (κ3) is 4.71. The van der Waals surface area contributed by atoms with Gasteiger partial charge in [0.2, 0.25) is 0 Å². The number of hydrogen-bond donors (Lipinski definition) is 1. The molecule has 0 aliphatic heterocycles. The van der Waals surface area contributed by atoms with Crippen molar-refractivity contribution in [3.8, 4) is 0 Å². The number of nitrogens with one attached hydrogen (secondary N) is 1. The summed E-state index contributed by atoms with van der Waals surface area (Å²) in [5.41, 5.74) is 1.45. The van der Waals surface area contributed by atoms with E-state index in [1.165, 1.54) is 0 Å². The zero-order valence-electron chi connectivity index (χ0n) is 17.4. The number of aromatic nitrogens is 4. The van der Waals surface area contributed by atoms with Gasteiger partial charge in [0, 0.05) is 37.9 Å². The summed E-state index contributed by atoms with van der Waals surface area (Å²) >= 11 is 0. The second kappa shape index (κ2) is 9.00. The molecule has 3 aromatic heterocycles. The molecule has 8 heteroatoms. The number of pyridine rings is 2. The Hall–Kier alpha value is -3.00. The van der Waals surface area contributed by atoms with Crippen LogP contribution in [0.25, 0.3) is 5.65 Å². The van der Waals surface area contributed by atoms with E-state index in [0.29, 0.717) is 24.9 Å². The molecule has 3 rings (SSSR count). The lowest BCUT2D eigenvalue weighted by molar-refractivity contribution is 0.0950. The minimum absolute atomic E-state index is 0.0223. The first-order chi connectivity index (χ1) is 13.9. The van der Waals surface area contributed by atoms with Gasteiger partial charge in [0.05, 0.1) is 0 Å². The molecule has 0 bridgehead atoms. The van der Waals surface area contributed by atoms with E-state index < -0.39 is 0 Å². The minimum atomic E-state index is -0.329. The van der Waals surface area contributed by atoms with Crippen molar-refractivity contribution in [3.63, 3.8) is 0 Å². The molecule has 29 heavy (non-hydrogen) atoms. The smallest absolute Gasteiger partial charge is 0.263 e. The molecule has 154 valence electrons. The molecule has 3 aromatic rings. The lowest BCUT2D eigenvalue weighted by Crippen LogP contribution is -2.37. The van der Waals surface area contributed by atoms with Gasteiger partial charge in [0.15, 0.2) is 5.65 Å². The van der Waals surface area contributed by atoms with Gasteiger partial charge in [-0.1, -0.05) is 6.07 Å². The zero-order chi connectivity index (χ0) is 21.0. The maximum atomic E-state index is 12.9. The molecule has 0 saturated carbocycles. The number of hydrogen-bond acceptors (Lipinski definition) is 5. The van der Waals surface area contributed by atoms with Crippen LogP contribution in [0.4, 0.5) is 0 Å². The number of rotatable bonds is 8. The highest BCUT2D eigenvalue weighted by Crippen LogP contribution is 2.09. The van der Waals surface area contributed by atoms with E-state index in [1.54, 1.807) is 17.7 Å². The van der Waals surface area contributed by atoms with E-state index in [0.717, 1.165) is 18.0 Å². The monoisotopic (exact) mass is 396 g/mol. The van der Waals surface area contributed by atoms with Crippen LogP contribution < -0.4 is 10.9 Å². The largest absolute Gasteiger partial charge is 0.352 e. The van der Waals surface area contributed by atoms with Crippen molar-refractivity contribution in [2.24, 2.45) is 0 Å². The number of carbonyl (C=O) groups is 1. The van der Waals surface area contributed by atoms with Gasteiger partial charge in [0.1, 0.15) is 11.4 Å². The highest BCUT2D eigenvalue weighted by Gasteiger charge is 2.18. The second-order valence-corrected chi connectivity index (χ2v) is 7.60. The minimum Gasteiger partial charge on any atom is -0.352 e. The van der Waals surface area contributed by atoms with Crippen LogP contribution in [0.15, 0.2) is 41.5 Å². The van der Waals surface area contributed by atoms with Crippen LogP contribution in [0.3, 0.4) is 0 Å². The maximum Gasteiger partial charge on any atom is 0.263 e. The summed E-state index contributed by atoms with van der Waals surface area (Å²) in [5, 5.41) is 11.2. The van der Waals surface area contributed by atoms with Gasteiger partial charge in [-0.15, -0.1) is 10.2 Å². The summed E-state index contributed by atoms with van der Waals surface area (Å²) in [6, 6.07) is 7.56. The molecule has 0 aliphatic carbocycles. The van der Waals surface area contributed by atoms with Gasteiger partial charge < -0.3 is 14.8 Å². The molecule has 1 unspecified atom stereocenters. The van der Waals surface area contributed by atoms with E-state index >= 15 is 0 Å². The predicted molar refractivity (Wildman–Crippen MR) is 112 cm³/mol. The van der Waals surface area contributed by atoms with Crippen molar-refractivity contribution >= 4 is 11.6 Å². The van der Waals surface area contributed by atoms with Crippen molar-refractivity contribution in [2.45, 2.75) is 32.7 Å². The molecule has 0 radical (unpaired) electrons. The van der Waals surface area contributed by atoms with Gasteiger partial charge in [-0.2, -0.15) is 0 Å². The average Bonchev–Trinajstić information content (AvgIpc) is 3.08. The standard InChI is InChI=1S/C21H28N6O2/c1-15-10-13-26(16(2)14-25(3)4)21(29)19(15)20(28)22-11-7-9-18-24-23-17-8-5-6-12-27(17)18/h5-6,8,10,12-13,16H,7,9,11,14H2,1-4H3,(H,22,28). The molecule has 0 aliphatic rings. The Balaban J connectivity index is 1.64. The Labute approximate surface area is 170 Å².